The summed E-state index contributed by atoms with van der Waals surface area (Å²) in [6.45, 7) is 0. The second kappa shape index (κ2) is 6.09. The first-order chi connectivity index (χ1) is 5.46. The Morgan fingerprint density at radius 2 is 0.846 bits per heavy atom. The molecule has 0 saturated carbocycles. The third kappa shape index (κ3) is 3.10. The molecule has 0 radical (unpaired) electrons. The third-order valence-corrected chi connectivity index (χ3v) is 3.48. The van der Waals surface area contributed by atoms with Gasteiger partial charge in [-0.25, -0.2) is 14.4 Å². The Kier molecular flexibility index (Phi) is 7.14. The van der Waals surface area contributed by atoms with Crippen molar-refractivity contribution in [3.05, 3.63) is 31.5 Å². The fourth-order valence-electron chi connectivity index (χ4n) is 0.477. The Bertz CT molecular complexity index is 386. The van der Waals surface area contributed by atoms with E-state index < -0.39 is 17.1 Å². The van der Waals surface area contributed by atoms with Crippen molar-refractivity contribution in [2.75, 3.05) is 0 Å². The monoisotopic (exact) mass is 547 g/mol. The Morgan fingerprint density at radius 1 is 0.692 bits per heavy atom. The van der Waals surface area contributed by atoms with Crippen LogP contribution in [0, 0.1) is 0 Å². The molecule has 0 spiro atoms. The van der Waals surface area contributed by atoms with Crippen molar-refractivity contribution in [2.24, 2.45) is 0 Å². The van der Waals surface area contributed by atoms with Crippen LogP contribution in [0.15, 0.2) is 14.4 Å². The van der Waals surface area contributed by atoms with Crippen molar-refractivity contribution in [3.8, 4) is 0 Å². The molecule has 0 aliphatic rings. The summed E-state index contributed by atoms with van der Waals surface area (Å²) < 4.78 is 2.49. The van der Waals surface area contributed by atoms with Crippen LogP contribution in [-0.2, 0) is 0 Å². The van der Waals surface area contributed by atoms with Crippen LogP contribution < -0.4 is 17.1 Å². The summed E-state index contributed by atoms with van der Waals surface area (Å²) in [6, 6.07) is 0. The fraction of sp³-hybridized carbons (Fsp3) is 0. The Morgan fingerprint density at radius 3 is 1.00 bits per heavy atom. The molecule has 0 aliphatic heterocycles. The average Bonchev–Trinajstić information content (AvgIpc) is 2.08. The van der Waals surface area contributed by atoms with E-state index in [0.717, 1.165) is 8.34 Å². The van der Waals surface area contributed by atoms with Crippen LogP contribution in [0.4, 0.5) is 0 Å². The van der Waals surface area contributed by atoms with Crippen LogP contribution in [0.5, 0.6) is 0 Å². The van der Waals surface area contributed by atoms with Crippen molar-refractivity contribution >= 4 is 120 Å². The fourth-order valence-corrected chi connectivity index (χ4v) is 3.01. The van der Waals surface area contributed by atoms with E-state index in [1.807, 2.05) is 0 Å². The quantitative estimate of drug-likeness (QED) is 0.314. The third-order valence-electron chi connectivity index (χ3n) is 1.01. The molecule has 13 heavy (non-hydrogen) atoms. The molecule has 0 aliphatic carbocycles. The molecular formula is C3HI3KN3O3. The molecular weight excluding hydrogens is 546 g/mol. The summed E-state index contributed by atoms with van der Waals surface area (Å²) >= 11 is 4.61. The van der Waals surface area contributed by atoms with E-state index >= 15 is 0 Å². The molecule has 0 saturated heterocycles. The van der Waals surface area contributed by atoms with E-state index in [4.69, 9.17) is 0 Å². The number of rotatable bonds is 0. The van der Waals surface area contributed by atoms with E-state index in [1.54, 1.807) is 0 Å². The van der Waals surface area contributed by atoms with E-state index in [0.29, 0.717) is 0 Å². The number of halogens is 3. The predicted octanol–water partition coefficient (Wildman–Crippen LogP) is -0.883. The molecule has 1 aromatic rings. The van der Waals surface area contributed by atoms with Gasteiger partial charge in [0.15, 0.2) is 0 Å². The van der Waals surface area contributed by atoms with Gasteiger partial charge in [0.2, 0.25) is 0 Å². The van der Waals surface area contributed by atoms with E-state index in [1.165, 1.54) is 68.6 Å². The van der Waals surface area contributed by atoms with Crippen LogP contribution in [0.1, 0.15) is 0 Å². The van der Waals surface area contributed by atoms with Crippen molar-refractivity contribution in [1.82, 2.24) is 8.34 Å². The van der Waals surface area contributed by atoms with Gasteiger partial charge in [-0.3, -0.25) is 0 Å². The first-order valence-electron chi connectivity index (χ1n) is 2.46. The van der Waals surface area contributed by atoms with Crippen molar-refractivity contribution in [1.29, 1.82) is 0 Å². The van der Waals surface area contributed by atoms with Crippen LogP contribution in [0.25, 0.3) is 0 Å². The zero-order chi connectivity index (χ0) is 9.46. The zero-order valence-corrected chi connectivity index (χ0v) is 11.7. The summed E-state index contributed by atoms with van der Waals surface area (Å²) in [4.78, 5) is 33.2. The van der Waals surface area contributed by atoms with Crippen molar-refractivity contribution in [2.45, 2.75) is 0 Å². The molecule has 0 aromatic carbocycles. The van der Waals surface area contributed by atoms with E-state index in [2.05, 4.69) is 0 Å². The van der Waals surface area contributed by atoms with Gasteiger partial charge >= 0.3 is 68.5 Å². The van der Waals surface area contributed by atoms with Gasteiger partial charge in [-0.15, -0.1) is 0 Å². The van der Waals surface area contributed by atoms with Crippen molar-refractivity contribution in [3.63, 3.8) is 0 Å². The first kappa shape index (κ1) is 15.2. The van der Waals surface area contributed by atoms with Crippen LogP contribution in [0.2, 0.25) is 0 Å². The molecule has 0 amide bonds. The summed E-state index contributed by atoms with van der Waals surface area (Å²) in [5.41, 5.74) is -1.92. The second-order valence-electron chi connectivity index (χ2n) is 1.69. The maximum absolute atomic E-state index is 11.1. The van der Waals surface area contributed by atoms with Gasteiger partial charge in [-0.2, -0.15) is 8.34 Å². The summed E-state index contributed by atoms with van der Waals surface area (Å²) in [5, 5.41) is 0. The topological polar surface area (TPSA) is 66.0 Å². The van der Waals surface area contributed by atoms with Gasteiger partial charge in [0.25, 0.3) is 0 Å². The van der Waals surface area contributed by atoms with Gasteiger partial charge in [-0.05, 0) is 0 Å². The number of hydrogen-bond donors (Lipinski definition) is 0. The number of nitrogens with zero attached hydrogens (tertiary/aromatic N) is 3. The van der Waals surface area contributed by atoms with Crippen LogP contribution >= 0.6 is 68.6 Å². The predicted molar refractivity (Wildman–Crippen MR) is 74.6 cm³/mol. The SMILES string of the molecule is O=c1n(I)c(=O)n(I)c(=O)n1I.[KH]. The summed E-state index contributed by atoms with van der Waals surface area (Å²) in [7, 11) is 0. The summed E-state index contributed by atoms with van der Waals surface area (Å²) in [6.07, 6.45) is 0. The molecule has 0 N–H and O–H groups in total. The van der Waals surface area contributed by atoms with Gasteiger partial charge < -0.3 is 0 Å². The van der Waals surface area contributed by atoms with Crippen LogP contribution in [0.3, 0.4) is 0 Å². The van der Waals surface area contributed by atoms with Gasteiger partial charge in [0.1, 0.15) is 0 Å². The molecule has 0 unspecified atom stereocenters. The Balaban J connectivity index is 0.00000144. The zero-order valence-electron chi connectivity index (χ0n) is 5.20. The van der Waals surface area contributed by atoms with Gasteiger partial charge in [0.05, 0.1) is 68.6 Å². The maximum atomic E-state index is 11.1. The number of aromatic nitrogens is 3. The molecule has 10 heteroatoms. The minimum absolute atomic E-state index is 0. The molecule has 0 fully saturated rings. The molecule has 1 aromatic heterocycles. The first-order valence-corrected chi connectivity index (χ1v) is 5.36. The molecule has 0 bridgehead atoms. The van der Waals surface area contributed by atoms with Gasteiger partial charge in [-0.1, -0.05) is 0 Å². The minimum atomic E-state index is -0.640. The summed E-state index contributed by atoms with van der Waals surface area (Å²) in [5.74, 6) is 0. The second-order valence-corrected chi connectivity index (χ2v) is 4.58. The molecule has 1 heterocycles. The van der Waals surface area contributed by atoms with E-state index in [9.17, 15) is 14.4 Å². The van der Waals surface area contributed by atoms with Gasteiger partial charge in [0, 0.05) is 0 Å². The normalized spacial score (nSPS) is 9.46. The molecule has 6 nitrogen and oxygen atoms in total. The van der Waals surface area contributed by atoms with Crippen molar-refractivity contribution < 1.29 is 0 Å². The standard InChI is InChI=1S/C3I3N3O3.K.H/c4-7-1(10)8(5)3(12)9(6)2(7)11;;. The Labute approximate surface area is 156 Å². The molecule has 1 rings (SSSR count). The Hall–Kier alpha value is 2.24. The molecule has 68 valence electrons. The molecule has 0 atom stereocenters. The van der Waals surface area contributed by atoms with E-state index in [-0.39, 0.29) is 51.4 Å². The number of hydrogen-bond acceptors (Lipinski definition) is 3. The van der Waals surface area contributed by atoms with Crippen LogP contribution in [-0.4, -0.2) is 59.7 Å². The average molecular weight is 547 g/mol.